The second kappa shape index (κ2) is 12.4. The number of amides is 2. The molecule has 0 aliphatic heterocycles. The maximum Gasteiger partial charge on any atom is 0.411 e. The smallest absolute Gasteiger partial charge is 0.411 e. The summed E-state index contributed by atoms with van der Waals surface area (Å²) in [7, 11) is 0. The Hall–Kier alpha value is -4.14. The molecule has 38 heavy (non-hydrogen) atoms. The van der Waals surface area contributed by atoms with Crippen molar-refractivity contribution in [2.45, 2.75) is 60.1 Å². The van der Waals surface area contributed by atoms with E-state index in [9.17, 15) is 14.4 Å². The van der Waals surface area contributed by atoms with Crippen LogP contribution in [0.2, 0.25) is 0 Å². The number of pyridine rings is 1. The zero-order chi connectivity index (χ0) is 27.9. The fraction of sp³-hybridized carbons (Fsp3) is 0.379. The normalized spacial score (nSPS) is 11.2. The van der Waals surface area contributed by atoms with E-state index in [1.807, 2.05) is 18.2 Å². The molecule has 0 spiro atoms. The van der Waals surface area contributed by atoms with Gasteiger partial charge in [-0.25, -0.2) is 14.8 Å². The Morgan fingerprint density at radius 3 is 2.45 bits per heavy atom. The molecule has 3 aromatic rings. The Balaban J connectivity index is 1.91. The molecule has 0 saturated carbocycles. The lowest BCUT2D eigenvalue weighted by molar-refractivity contribution is -0.117. The van der Waals surface area contributed by atoms with Gasteiger partial charge < -0.3 is 10.1 Å². The number of hydrogen-bond donors (Lipinski definition) is 1. The Morgan fingerprint density at radius 2 is 1.82 bits per heavy atom. The number of ether oxygens (including phenoxy) is 1. The van der Waals surface area contributed by atoms with Gasteiger partial charge in [-0.1, -0.05) is 45.0 Å². The molecule has 3 rings (SSSR count). The first-order valence-corrected chi connectivity index (χ1v) is 12.6. The van der Waals surface area contributed by atoms with Crippen molar-refractivity contribution in [3.8, 4) is 11.1 Å². The van der Waals surface area contributed by atoms with Gasteiger partial charge in [-0.15, -0.1) is 0 Å². The highest BCUT2D eigenvalue weighted by molar-refractivity contribution is 6.05. The van der Waals surface area contributed by atoms with Crippen LogP contribution in [0.4, 0.5) is 10.5 Å². The Kier molecular flexibility index (Phi) is 9.28. The van der Waals surface area contributed by atoms with Crippen LogP contribution >= 0.6 is 0 Å². The molecule has 0 bridgehead atoms. The molecule has 0 aliphatic rings. The monoisotopic (exact) mass is 517 g/mol. The number of benzene rings is 1. The van der Waals surface area contributed by atoms with Gasteiger partial charge in [0.2, 0.25) is 5.91 Å². The van der Waals surface area contributed by atoms with Gasteiger partial charge in [0, 0.05) is 23.9 Å². The lowest BCUT2D eigenvalue weighted by Crippen LogP contribution is -2.41. The number of aromatic nitrogens is 3. The van der Waals surface area contributed by atoms with Crippen LogP contribution in [0.3, 0.4) is 0 Å². The highest BCUT2D eigenvalue weighted by Crippen LogP contribution is 2.27. The highest BCUT2D eigenvalue weighted by Gasteiger charge is 2.26. The van der Waals surface area contributed by atoms with Crippen LogP contribution in [-0.4, -0.2) is 49.8 Å². The highest BCUT2D eigenvalue weighted by atomic mass is 16.6. The zero-order valence-corrected chi connectivity index (χ0v) is 22.8. The number of nitrogens with zero attached hydrogens (tertiary/aromatic N) is 4. The van der Waals surface area contributed by atoms with Crippen LogP contribution < -0.4 is 5.32 Å². The standard InChI is InChI=1S/C29H35N5O4/c1-7-20-9-8-10-21(13-20)22-14-24(26(31-15-22)27(36)19(2)3)33-25(35)17-34(28(37)38-29(4,5)6)16-23-11-12-30-18-32-23/h8-15,18-19H,7,16-17H2,1-6H3,(H,33,35). The number of rotatable bonds is 9. The number of carbonyl (C=O) groups is 3. The second-order valence-electron chi connectivity index (χ2n) is 10.3. The first kappa shape index (κ1) is 28.4. The molecule has 0 saturated heterocycles. The minimum absolute atomic E-state index is 0.0464. The molecular weight excluding hydrogens is 482 g/mol. The lowest BCUT2D eigenvalue weighted by atomic mass is 10.00. The topological polar surface area (TPSA) is 114 Å². The molecular formula is C29H35N5O4. The van der Waals surface area contributed by atoms with E-state index in [2.05, 4.69) is 33.3 Å². The fourth-order valence-electron chi connectivity index (χ4n) is 3.64. The summed E-state index contributed by atoms with van der Waals surface area (Å²) in [5.74, 6) is -1.01. The number of hydrogen-bond acceptors (Lipinski definition) is 7. The largest absolute Gasteiger partial charge is 0.444 e. The van der Waals surface area contributed by atoms with E-state index in [1.54, 1.807) is 59.1 Å². The second-order valence-corrected chi connectivity index (χ2v) is 10.3. The summed E-state index contributed by atoms with van der Waals surface area (Å²) in [5.41, 5.74) is 3.11. The number of anilines is 1. The molecule has 9 nitrogen and oxygen atoms in total. The molecule has 200 valence electrons. The molecule has 2 heterocycles. The van der Waals surface area contributed by atoms with Crippen LogP contribution in [-0.2, 0) is 22.5 Å². The Labute approximate surface area is 223 Å². The van der Waals surface area contributed by atoms with E-state index in [-0.39, 0.29) is 30.5 Å². The summed E-state index contributed by atoms with van der Waals surface area (Å²) in [5, 5.41) is 2.81. The summed E-state index contributed by atoms with van der Waals surface area (Å²) in [6.07, 6.45) is 4.79. The number of Topliss-reactive ketones (excluding diaryl/α,β-unsaturated/α-hetero) is 1. The molecule has 0 radical (unpaired) electrons. The van der Waals surface area contributed by atoms with Crippen molar-refractivity contribution in [2.24, 2.45) is 5.92 Å². The van der Waals surface area contributed by atoms with Crippen LogP contribution in [0.1, 0.15) is 63.3 Å². The van der Waals surface area contributed by atoms with Crippen molar-refractivity contribution in [2.75, 3.05) is 11.9 Å². The summed E-state index contributed by atoms with van der Waals surface area (Å²) in [6.45, 7) is 10.6. The van der Waals surface area contributed by atoms with Gasteiger partial charge >= 0.3 is 6.09 Å². The minimum atomic E-state index is -0.750. The van der Waals surface area contributed by atoms with Gasteiger partial charge in [0.1, 0.15) is 24.2 Å². The van der Waals surface area contributed by atoms with Crippen molar-refractivity contribution in [3.63, 3.8) is 0 Å². The third-order valence-electron chi connectivity index (χ3n) is 5.57. The molecule has 2 amide bonds. The molecule has 2 aromatic heterocycles. The van der Waals surface area contributed by atoms with Crippen molar-refractivity contribution >= 4 is 23.5 Å². The van der Waals surface area contributed by atoms with E-state index >= 15 is 0 Å². The van der Waals surface area contributed by atoms with Gasteiger partial charge in [0.05, 0.1) is 17.9 Å². The van der Waals surface area contributed by atoms with Crippen LogP contribution in [0.5, 0.6) is 0 Å². The van der Waals surface area contributed by atoms with Crippen molar-refractivity contribution in [3.05, 3.63) is 72.1 Å². The van der Waals surface area contributed by atoms with Gasteiger partial charge in [-0.05, 0) is 50.5 Å². The first-order chi connectivity index (χ1) is 18.0. The van der Waals surface area contributed by atoms with Crippen LogP contribution in [0.25, 0.3) is 11.1 Å². The lowest BCUT2D eigenvalue weighted by Gasteiger charge is -2.27. The van der Waals surface area contributed by atoms with Crippen molar-refractivity contribution < 1.29 is 19.1 Å². The minimum Gasteiger partial charge on any atom is -0.444 e. The number of nitrogens with one attached hydrogen (secondary N) is 1. The van der Waals surface area contributed by atoms with Gasteiger partial charge in [-0.3, -0.25) is 19.5 Å². The van der Waals surface area contributed by atoms with Gasteiger partial charge in [0.25, 0.3) is 0 Å². The van der Waals surface area contributed by atoms with Crippen LogP contribution in [0.15, 0.2) is 55.1 Å². The first-order valence-electron chi connectivity index (χ1n) is 12.6. The quantitative estimate of drug-likeness (QED) is 0.382. The third-order valence-corrected chi connectivity index (χ3v) is 5.57. The molecule has 0 fully saturated rings. The summed E-state index contributed by atoms with van der Waals surface area (Å²) in [6, 6.07) is 11.4. The van der Waals surface area contributed by atoms with Crippen molar-refractivity contribution in [1.29, 1.82) is 0 Å². The van der Waals surface area contributed by atoms with E-state index in [0.717, 1.165) is 23.1 Å². The SMILES string of the molecule is CCc1cccc(-c2cnc(C(=O)C(C)C)c(NC(=O)CN(Cc3ccncn3)C(=O)OC(C)(C)C)c2)c1. The molecule has 0 atom stereocenters. The average Bonchev–Trinajstić information content (AvgIpc) is 2.87. The van der Waals surface area contributed by atoms with E-state index < -0.39 is 17.6 Å². The van der Waals surface area contributed by atoms with Crippen molar-refractivity contribution in [1.82, 2.24) is 19.9 Å². The summed E-state index contributed by atoms with van der Waals surface area (Å²) >= 11 is 0. The van der Waals surface area contributed by atoms with Gasteiger partial charge in [-0.2, -0.15) is 0 Å². The molecule has 0 unspecified atom stereocenters. The molecule has 1 N–H and O–H groups in total. The maximum atomic E-state index is 13.2. The predicted octanol–water partition coefficient (Wildman–Crippen LogP) is 5.32. The number of ketones is 1. The fourth-order valence-corrected chi connectivity index (χ4v) is 3.64. The van der Waals surface area contributed by atoms with E-state index in [4.69, 9.17) is 4.74 Å². The number of aryl methyl sites for hydroxylation is 1. The summed E-state index contributed by atoms with van der Waals surface area (Å²) in [4.78, 5) is 52.8. The maximum absolute atomic E-state index is 13.2. The van der Waals surface area contributed by atoms with Gasteiger partial charge in [0.15, 0.2) is 5.78 Å². The molecule has 1 aromatic carbocycles. The molecule has 0 aliphatic carbocycles. The third kappa shape index (κ3) is 7.93. The Bertz CT molecular complexity index is 1290. The molecule has 9 heteroatoms. The van der Waals surface area contributed by atoms with E-state index in [1.165, 1.54) is 11.2 Å². The summed E-state index contributed by atoms with van der Waals surface area (Å²) < 4.78 is 5.51. The Morgan fingerprint density at radius 1 is 1.05 bits per heavy atom. The zero-order valence-electron chi connectivity index (χ0n) is 22.8. The predicted molar refractivity (Wildman–Crippen MR) is 146 cm³/mol. The van der Waals surface area contributed by atoms with E-state index in [0.29, 0.717) is 11.4 Å². The van der Waals surface area contributed by atoms with Crippen LogP contribution in [0, 0.1) is 5.92 Å². The number of carbonyl (C=O) groups excluding carboxylic acids is 3. The average molecular weight is 518 g/mol.